The minimum atomic E-state index is 0.490. The van der Waals surface area contributed by atoms with Crippen LogP contribution in [0.15, 0.2) is 4.99 Å². The van der Waals surface area contributed by atoms with Gasteiger partial charge >= 0.3 is 0 Å². The van der Waals surface area contributed by atoms with E-state index in [0.717, 1.165) is 37.4 Å². The smallest absolute Gasteiger partial charge is 0.191 e. The lowest BCUT2D eigenvalue weighted by Crippen LogP contribution is -2.42. The first-order valence-electron chi connectivity index (χ1n) is 9.24. The van der Waals surface area contributed by atoms with Crippen molar-refractivity contribution in [3.8, 4) is 0 Å². The standard InChI is InChI=1S/C18H36N4/c1-5-19-17(20-12-16-7-10-22(4)13-16)21-14-18(8-6-9-18)11-15(2)3/h15-16H,5-14H2,1-4H3,(H2,19,20,21). The predicted molar refractivity (Wildman–Crippen MR) is 95.3 cm³/mol. The van der Waals surface area contributed by atoms with Crippen molar-refractivity contribution >= 4 is 5.96 Å². The van der Waals surface area contributed by atoms with Crippen LogP contribution in [0.25, 0.3) is 0 Å². The highest BCUT2D eigenvalue weighted by molar-refractivity contribution is 5.79. The van der Waals surface area contributed by atoms with Gasteiger partial charge in [0.05, 0.1) is 0 Å². The van der Waals surface area contributed by atoms with Gasteiger partial charge in [-0.3, -0.25) is 4.99 Å². The van der Waals surface area contributed by atoms with Gasteiger partial charge in [-0.1, -0.05) is 20.3 Å². The monoisotopic (exact) mass is 308 g/mol. The fraction of sp³-hybridized carbons (Fsp3) is 0.944. The van der Waals surface area contributed by atoms with Crippen molar-refractivity contribution in [3.05, 3.63) is 0 Å². The van der Waals surface area contributed by atoms with Crippen LogP contribution in [-0.4, -0.2) is 50.6 Å². The first-order valence-corrected chi connectivity index (χ1v) is 9.24. The summed E-state index contributed by atoms with van der Waals surface area (Å²) < 4.78 is 0. The average Bonchev–Trinajstić information content (AvgIpc) is 2.84. The third-order valence-corrected chi connectivity index (χ3v) is 5.22. The van der Waals surface area contributed by atoms with Gasteiger partial charge in [0.15, 0.2) is 5.96 Å². The van der Waals surface area contributed by atoms with Crippen LogP contribution in [0.2, 0.25) is 0 Å². The fourth-order valence-corrected chi connectivity index (χ4v) is 3.99. The van der Waals surface area contributed by atoms with Gasteiger partial charge in [0.25, 0.3) is 0 Å². The Kier molecular flexibility index (Phi) is 6.54. The van der Waals surface area contributed by atoms with Crippen molar-refractivity contribution in [3.63, 3.8) is 0 Å². The van der Waals surface area contributed by atoms with E-state index in [1.54, 1.807) is 0 Å². The lowest BCUT2D eigenvalue weighted by molar-refractivity contribution is 0.111. The molecule has 4 heteroatoms. The molecule has 1 atom stereocenters. The minimum Gasteiger partial charge on any atom is -0.357 e. The van der Waals surface area contributed by atoms with Gasteiger partial charge in [-0.25, -0.2) is 0 Å². The Balaban J connectivity index is 1.83. The lowest BCUT2D eigenvalue weighted by Gasteiger charge is -2.42. The minimum absolute atomic E-state index is 0.490. The van der Waals surface area contributed by atoms with Crippen molar-refractivity contribution < 1.29 is 0 Å². The van der Waals surface area contributed by atoms with Gasteiger partial charge in [0, 0.05) is 26.2 Å². The largest absolute Gasteiger partial charge is 0.357 e. The van der Waals surface area contributed by atoms with E-state index in [0.29, 0.717) is 5.41 Å². The van der Waals surface area contributed by atoms with E-state index < -0.39 is 0 Å². The molecule has 0 radical (unpaired) electrons. The van der Waals surface area contributed by atoms with E-state index in [-0.39, 0.29) is 0 Å². The second kappa shape index (κ2) is 8.19. The molecule has 2 fully saturated rings. The molecule has 0 spiro atoms. The van der Waals surface area contributed by atoms with Gasteiger partial charge in [-0.05, 0) is 63.5 Å². The van der Waals surface area contributed by atoms with E-state index in [9.17, 15) is 0 Å². The van der Waals surface area contributed by atoms with E-state index in [1.165, 1.54) is 45.2 Å². The summed E-state index contributed by atoms with van der Waals surface area (Å²) in [5, 5.41) is 6.99. The summed E-state index contributed by atoms with van der Waals surface area (Å²) in [4.78, 5) is 7.34. The molecule has 1 unspecified atom stereocenters. The second-order valence-electron chi connectivity index (χ2n) is 7.94. The quantitative estimate of drug-likeness (QED) is 0.561. The summed E-state index contributed by atoms with van der Waals surface area (Å²) in [6.07, 6.45) is 6.74. The number of rotatable bonds is 7. The number of aliphatic imine (C=N–C) groups is 1. The molecule has 1 saturated heterocycles. The summed E-state index contributed by atoms with van der Waals surface area (Å²) in [7, 11) is 2.21. The maximum atomic E-state index is 4.92. The summed E-state index contributed by atoms with van der Waals surface area (Å²) in [6.45, 7) is 12.2. The zero-order chi connectivity index (χ0) is 16.0. The number of hydrogen-bond acceptors (Lipinski definition) is 2. The molecule has 1 aliphatic heterocycles. The van der Waals surface area contributed by atoms with Crippen molar-refractivity contribution in [2.75, 3.05) is 39.8 Å². The highest BCUT2D eigenvalue weighted by Crippen LogP contribution is 2.46. The summed E-state index contributed by atoms with van der Waals surface area (Å²) in [6, 6.07) is 0. The Morgan fingerprint density at radius 3 is 2.59 bits per heavy atom. The first-order chi connectivity index (χ1) is 10.5. The molecule has 0 aromatic heterocycles. The Bertz CT molecular complexity index is 360. The first kappa shape index (κ1) is 17.6. The van der Waals surface area contributed by atoms with Crippen LogP contribution in [-0.2, 0) is 0 Å². The van der Waals surface area contributed by atoms with Crippen LogP contribution < -0.4 is 10.6 Å². The molecular weight excluding hydrogens is 272 g/mol. The number of hydrogen-bond donors (Lipinski definition) is 2. The fourth-order valence-electron chi connectivity index (χ4n) is 3.99. The third kappa shape index (κ3) is 5.15. The van der Waals surface area contributed by atoms with Crippen LogP contribution in [0.1, 0.15) is 52.9 Å². The second-order valence-corrected chi connectivity index (χ2v) is 7.94. The van der Waals surface area contributed by atoms with Gasteiger partial charge in [0.2, 0.25) is 0 Å². The molecule has 4 nitrogen and oxygen atoms in total. The van der Waals surface area contributed by atoms with Crippen LogP contribution in [0.3, 0.4) is 0 Å². The maximum Gasteiger partial charge on any atom is 0.191 e. The molecular formula is C18H36N4. The van der Waals surface area contributed by atoms with Crippen molar-refractivity contribution in [1.29, 1.82) is 0 Å². The van der Waals surface area contributed by atoms with Gasteiger partial charge in [-0.15, -0.1) is 0 Å². The SMILES string of the molecule is CCNC(=NCC1(CC(C)C)CCC1)NCC1CCN(C)C1. The van der Waals surface area contributed by atoms with E-state index in [4.69, 9.17) is 4.99 Å². The van der Waals surface area contributed by atoms with Crippen molar-refractivity contribution in [2.45, 2.75) is 52.9 Å². The van der Waals surface area contributed by atoms with Crippen molar-refractivity contribution in [1.82, 2.24) is 15.5 Å². The number of guanidine groups is 1. The van der Waals surface area contributed by atoms with E-state index in [2.05, 4.69) is 43.4 Å². The Hall–Kier alpha value is -0.770. The van der Waals surface area contributed by atoms with Gasteiger partial charge < -0.3 is 15.5 Å². The van der Waals surface area contributed by atoms with E-state index >= 15 is 0 Å². The van der Waals surface area contributed by atoms with E-state index in [1.807, 2.05) is 0 Å². The molecule has 2 N–H and O–H groups in total. The third-order valence-electron chi connectivity index (χ3n) is 5.22. The molecule has 0 aromatic rings. The zero-order valence-electron chi connectivity index (χ0n) is 15.1. The average molecular weight is 309 g/mol. The topological polar surface area (TPSA) is 39.7 Å². The molecule has 1 aliphatic carbocycles. The van der Waals surface area contributed by atoms with Gasteiger partial charge in [0.1, 0.15) is 0 Å². The summed E-state index contributed by atoms with van der Waals surface area (Å²) in [5.74, 6) is 2.56. The van der Waals surface area contributed by atoms with Crippen LogP contribution in [0.5, 0.6) is 0 Å². The normalized spacial score (nSPS) is 25.3. The molecule has 2 aliphatic rings. The maximum absolute atomic E-state index is 4.92. The molecule has 128 valence electrons. The number of nitrogens with one attached hydrogen (secondary N) is 2. The highest BCUT2D eigenvalue weighted by atomic mass is 15.2. The lowest BCUT2D eigenvalue weighted by atomic mass is 9.64. The molecule has 0 bridgehead atoms. The molecule has 2 rings (SSSR count). The Labute approximate surface area is 137 Å². The zero-order valence-corrected chi connectivity index (χ0v) is 15.1. The summed E-state index contributed by atoms with van der Waals surface area (Å²) >= 11 is 0. The van der Waals surface area contributed by atoms with Gasteiger partial charge in [-0.2, -0.15) is 0 Å². The van der Waals surface area contributed by atoms with Crippen LogP contribution in [0.4, 0.5) is 0 Å². The number of likely N-dealkylation sites (tertiary alicyclic amines) is 1. The highest BCUT2D eigenvalue weighted by Gasteiger charge is 2.37. The van der Waals surface area contributed by atoms with Crippen molar-refractivity contribution in [2.24, 2.45) is 22.2 Å². The Morgan fingerprint density at radius 2 is 2.09 bits per heavy atom. The predicted octanol–water partition coefficient (Wildman–Crippen LogP) is 2.71. The number of nitrogens with zero attached hydrogens (tertiary/aromatic N) is 2. The Morgan fingerprint density at radius 1 is 1.32 bits per heavy atom. The van der Waals surface area contributed by atoms with Crippen LogP contribution >= 0.6 is 0 Å². The molecule has 1 saturated carbocycles. The molecule has 22 heavy (non-hydrogen) atoms. The summed E-state index contributed by atoms with van der Waals surface area (Å²) in [5.41, 5.74) is 0.490. The molecule has 0 aromatic carbocycles. The van der Waals surface area contributed by atoms with Crippen LogP contribution in [0, 0.1) is 17.3 Å². The molecule has 1 heterocycles. The molecule has 0 amide bonds.